The molecule has 1 aliphatic carbocycles. The summed E-state index contributed by atoms with van der Waals surface area (Å²) in [5.74, 6) is 0. The van der Waals surface area contributed by atoms with Gasteiger partial charge >= 0.3 is 0 Å². The average molecular weight is 301 g/mol. The standard InChI is InChI=1S/C12H19N3O2S2/c1-18-12-4-2-3-11(12)15-10-6-5-8(7-9(10)13)19(14,16)17/h5-7,11-12,15H,2-4,13H2,1H3,(H2,14,16,17). The van der Waals surface area contributed by atoms with Crippen LogP contribution < -0.4 is 16.2 Å². The van der Waals surface area contributed by atoms with Crippen molar-refractivity contribution in [1.82, 2.24) is 0 Å². The van der Waals surface area contributed by atoms with Gasteiger partial charge in [0.15, 0.2) is 0 Å². The van der Waals surface area contributed by atoms with Gasteiger partial charge in [-0.15, -0.1) is 0 Å². The summed E-state index contributed by atoms with van der Waals surface area (Å²) in [6.45, 7) is 0. The average Bonchev–Trinajstić information content (AvgIpc) is 2.77. The number of thioether (sulfide) groups is 1. The molecule has 0 amide bonds. The van der Waals surface area contributed by atoms with E-state index in [1.54, 1.807) is 6.07 Å². The summed E-state index contributed by atoms with van der Waals surface area (Å²) in [5, 5.41) is 9.06. The van der Waals surface area contributed by atoms with E-state index >= 15 is 0 Å². The Morgan fingerprint density at radius 2 is 2.11 bits per heavy atom. The lowest BCUT2D eigenvalue weighted by atomic mass is 10.2. The number of benzene rings is 1. The molecule has 1 fully saturated rings. The van der Waals surface area contributed by atoms with Gasteiger partial charge < -0.3 is 11.1 Å². The van der Waals surface area contributed by atoms with Crippen molar-refractivity contribution < 1.29 is 8.42 Å². The Labute approximate surface area is 118 Å². The molecule has 1 aromatic carbocycles. The Morgan fingerprint density at radius 1 is 1.37 bits per heavy atom. The normalized spacial score (nSPS) is 23.5. The van der Waals surface area contributed by atoms with Crippen molar-refractivity contribution in [3.63, 3.8) is 0 Å². The van der Waals surface area contributed by atoms with E-state index in [-0.39, 0.29) is 4.90 Å². The lowest BCUT2D eigenvalue weighted by molar-refractivity contribution is 0.598. The van der Waals surface area contributed by atoms with E-state index in [2.05, 4.69) is 11.6 Å². The van der Waals surface area contributed by atoms with Crippen molar-refractivity contribution >= 4 is 33.2 Å². The molecule has 0 bridgehead atoms. The molecule has 5 N–H and O–H groups in total. The predicted octanol–water partition coefficient (Wildman–Crippen LogP) is 1.61. The number of anilines is 2. The van der Waals surface area contributed by atoms with Gasteiger partial charge in [-0.25, -0.2) is 13.6 Å². The lowest BCUT2D eigenvalue weighted by Crippen LogP contribution is -2.26. The maximum atomic E-state index is 11.2. The molecule has 0 aliphatic heterocycles. The smallest absolute Gasteiger partial charge is 0.238 e. The topological polar surface area (TPSA) is 98.2 Å². The first kappa shape index (κ1) is 14.5. The first-order valence-corrected chi connectivity index (χ1v) is 8.97. The van der Waals surface area contributed by atoms with Gasteiger partial charge in [-0.2, -0.15) is 11.8 Å². The minimum Gasteiger partial charge on any atom is -0.397 e. The van der Waals surface area contributed by atoms with Crippen LogP contribution in [0.1, 0.15) is 19.3 Å². The highest BCUT2D eigenvalue weighted by Crippen LogP contribution is 2.32. The van der Waals surface area contributed by atoms with Crippen LogP contribution in [0.25, 0.3) is 0 Å². The van der Waals surface area contributed by atoms with Gasteiger partial charge in [0.05, 0.1) is 16.3 Å². The summed E-state index contributed by atoms with van der Waals surface area (Å²) in [6, 6.07) is 4.96. The molecule has 1 saturated carbocycles. The van der Waals surface area contributed by atoms with Crippen LogP contribution >= 0.6 is 11.8 Å². The number of primary sulfonamides is 1. The fraction of sp³-hybridized carbons (Fsp3) is 0.500. The van der Waals surface area contributed by atoms with Crippen molar-refractivity contribution in [2.24, 2.45) is 5.14 Å². The molecule has 0 heterocycles. The minimum atomic E-state index is -3.70. The first-order chi connectivity index (χ1) is 8.91. The van der Waals surface area contributed by atoms with Crippen molar-refractivity contribution in [1.29, 1.82) is 0 Å². The maximum absolute atomic E-state index is 11.2. The number of nitrogens with one attached hydrogen (secondary N) is 1. The Morgan fingerprint density at radius 3 is 2.68 bits per heavy atom. The molecule has 19 heavy (non-hydrogen) atoms. The maximum Gasteiger partial charge on any atom is 0.238 e. The second kappa shape index (κ2) is 5.60. The number of hydrogen-bond acceptors (Lipinski definition) is 5. The molecule has 1 aliphatic rings. The SMILES string of the molecule is CSC1CCCC1Nc1ccc(S(N)(=O)=O)cc1N. The zero-order valence-corrected chi connectivity index (χ0v) is 12.4. The number of nitrogens with two attached hydrogens (primary N) is 2. The molecular formula is C12H19N3O2S2. The van der Waals surface area contributed by atoms with Crippen LogP contribution in [-0.4, -0.2) is 26.0 Å². The fourth-order valence-corrected chi connectivity index (χ4v) is 3.91. The van der Waals surface area contributed by atoms with Crippen LogP contribution in [0.2, 0.25) is 0 Å². The van der Waals surface area contributed by atoms with E-state index in [1.165, 1.54) is 25.0 Å². The Balaban J connectivity index is 2.18. The molecule has 0 radical (unpaired) electrons. The van der Waals surface area contributed by atoms with Gasteiger partial charge in [0, 0.05) is 11.3 Å². The molecule has 0 spiro atoms. The van der Waals surface area contributed by atoms with E-state index in [1.807, 2.05) is 11.8 Å². The molecule has 2 rings (SSSR count). The first-order valence-electron chi connectivity index (χ1n) is 6.13. The molecule has 7 heteroatoms. The van der Waals surface area contributed by atoms with E-state index in [9.17, 15) is 8.42 Å². The molecule has 0 aromatic heterocycles. The van der Waals surface area contributed by atoms with E-state index < -0.39 is 10.0 Å². The van der Waals surface area contributed by atoms with Crippen LogP contribution in [0.5, 0.6) is 0 Å². The number of nitrogen functional groups attached to an aromatic ring is 1. The van der Waals surface area contributed by atoms with Crippen molar-refractivity contribution in [2.45, 2.75) is 35.4 Å². The van der Waals surface area contributed by atoms with Crippen molar-refractivity contribution in [3.8, 4) is 0 Å². The zero-order valence-electron chi connectivity index (χ0n) is 10.8. The van der Waals surface area contributed by atoms with Gasteiger partial charge in [0.1, 0.15) is 0 Å². The Kier molecular flexibility index (Phi) is 4.27. The molecule has 1 aromatic rings. The number of rotatable bonds is 4. The van der Waals surface area contributed by atoms with Crippen LogP contribution in [0, 0.1) is 0 Å². The summed E-state index contributed by atoms with van der Waals surface area (Å²) in [4.78, 5) is 0.0448. The van der Waals surface area contributed by atoms with Gasteiger partial charge in [0.2, 0.25) is 10.0 Å². The summed E-state index contributed by atoms with van der Waals surface area (Å²) < 4.78 is 22.5. The van der Waals surface area contributed by atoms with E-state index in [0.29, 0.717) is 17.0 Å². The second-order valence-electron chi connectivity index (χ2n) is 4.75. The summed E-state index contributed by atoms with van der Waals surface area (Å²) >= 11 is 1.85. The highest BCUT2D eigenvalue weighted by atomic mass is 32.2. The van der Waals surface area contributed by atoms with Crippen LogP contribution in [0.4, 0.5) is 11.4 Å². The van der Waals surface area contributed by atoms with Crippen LogP contribution in [0.3, 0.4) is 0 Å². The Hall–Kier alpha value is -0.920. The van der Waals surface area contributed by atoms with Crippen molar-refractivity contribution in [2.75, 3.05) is 17.3 Å². The summed E-state index contributed by atoms with van der Waals surface area (Å²) in [7, 11) is -3.70. The predicted molar refractivity (Wildman–Crippen MR) is 80.8 cm³/mol. The quantitative estimate of drug-likeness (QED) is 0.734. The molecule has 106 valence electrons. The molecular weight excluding hydrogens is 282 g/mol. The van der Waals surface area contributed by atoms with E-state index in [0.717, 1.165) is 12.1 Å². The lowest BCUT2D eigenvalue weighted by Gasteiger charge is -2.21. The highest BCUT2D eigenvalue weighted by Gasteiger charge is 2.26. The van der Waals surface area contributed by atoms with Gasteiger partial charge in [-0.05, 0) is 37.3 Å². The molecule has 2 unspecified atom stereocenters. The largest absolute Gasteiger partial charge is 0.397 e. The third kappa shape index (κ3) is 3.34. The molecule has 5 nitrogen and oxygen atoms in total. The van der Waals surface area contributed by atoms with Crippen molar-refractivity contribution in [3.05, 3.63) is 18.2 Å². The monoisotopic (exact) mass is 301 g/mol. The summed E-state index contributed by atoms with van der Waals surface area (Å²) in [6.07, 6.45) is 5.63. The Bertz CT molecular complexity index is 560. The third-order valence-electron chi connectivity index (χ3n) is 3.45. The third-order valence-corrected chi connectivity index (χ3v) is 5.53. The number of hydrogen-bond donors (Lipinski definition) is 3. The van der Waals surface area contributed by atoms with Gasteiger partial charge in [-0.3, -0.25) is 0 Å². The van der Waals surface area contributed by atoms with E-state index in [4.69, 9.17) is 10.9 Å². The fourth-order valence-electron chi connectivity index (χ4n) is 2.42. The van der Waals surface area contributed by atoms with Crippen LogP contribution in [0.15, 0.2) is 23.1 Å². The zero-order chi connectivity index (χ0) is 14.0. The highest BCUT2D eigenvalue weighted by molar-refractivity contribution is 7.99. The minimum absolute atomic E-state index is 0.0448. The summed E-state index contributed by atoms with van der Waals surface area (Å²) in [5.41, 5.74) is 7.09. The van der Waals surface area contributed by atoms with Gasteiger partial charge in [-0.1, -0.05) is 6.42 Å². The molecule has 2 atom stereocenters. The van der Waals surface area contributed by atoms with Crippen LogP contribution in [-0.2, 0) is 10.0 Å². The second-order valence-corrected chi connectivity index (χ2v) is 7.39. The van der Waals surface area contributed by atoms with Gasteiger partial charge in [0.25, 0.3) is 0 Å². The number of sulfonamides is 1. The molecule has 0 saturated heterocycles.